The fourth-order valence-corrected chi connectivity index (χ4v) is 1.39. The third-order valence-electron chi connectivity index (χ3n) is 2.15. The summed E-state index contributed by atoms with van der Waals surface area (Å²) < 4.78 is 17.6. The highest BCUT2D eigenvalue weighted by Gasteiger charge is 2.29. The van der Waals surface area contributed by atoms with Crippen LogP contribution in [0.2, 0.25) is 0 Å². The number of ether oxygens (including phenoxy) is 1. The molecule has 1 aromatic rings. The minimum absolute atomic E-state index is 0.0476. The SMILES string of the molecule is CCOC(=O)C(C#N)c1ccc(F)cc1[N+](=O)[O-]. The Bertz CT molecular complexity index is 524. The van der Waals surface area contributed by atoms with Crippen LogP contribution >= 0.6 is 0 Å². The quantitative estimate of drug-likeness (QED) is 0.463. The van der Waals surface area contributed by atoms with E-state index in [9.17, 15) is 19.3 Å². The number of nitriles is 1. The van der Waals surface area contributed by atoms with Gasteiger partial charge in [-0.3, -0.25) is 14.9 Å². The fourth-order valence-electron chi connectivity index (χ4n) is 1.39. The normalized spacial score (nSPS) is 11.4. The van der Waals surface area contributed by atoms with Crippen LogP contribution in [0.4, 0.5) is 10.1 Å². The highest BCUT2D eigenvalue weighted by Crippen LogP contribution is 2.28. The second-order valence-electron chi connectivity index (χ2n) is 3.27. The van der Waals surface area contributed by atoms with Crippen LogP contribution in [0, 0.1) is 27.3 Å². The maximum Gasteiger partial charge on any atom is 0.328 e. The molecule has 0 bridgehead atoms. The molecule has 0 saturated carbocycles. The number of nitro groups is 1. The van der Waals surface area contributed by atoms with E-state index >= 15 is 0 Å². The van der Waals surface area contributed by atoms with Gasteiger partial charge in [0.2, 0.25) is 0 Å². The first kappa shape index (κ1) is 13.6. The standard InChI is InChI=1S/C11H9FN2O4/c1-2-18-11(15)9(6-13)8-4-3-7(12)5-10(8)14(16)17/h3-5,9H,2H2,1H3. The Morgan fingerprint density at radius 1 is 1.67 bits per heavy atom. The number of carbonyl (C=O) groups is 1. The van der Waals surface area contributed by atoms with Crippen molar-refractivity contribution in [2.24, 2.45) is 0 Å². The zero-order chi connectivity index (χ0) is 13.7. The highest BCUT2D eigenvalue weighted by molar-refractivity contribution is 5.82. The monoisotopic (exact) mass is 252 g/mol. The molecule has 1 unspecified atom stereocenters. The molecule has 0 aliphatic carbocycles. The average Bonchev–Trinajstić information content (AvgIpc) is 2.32. The van der Waals surface area contributed by atoms with Gasteiger partial charge < -0.3 is 4.74 Å². The number of halogens is 1. The van der Waals surface area contributed by atoms with Gasteiger partial charge in [-0.15, -0.1) is 0 Å². The molecule has 0 saturated heterocycles. The number of hydrogen-bond donors (Lipinski definition) is 0. The average molecular weight is 252 g/mol. The van der Waals surface area contributed by atoms with E-state index in [1.807, 2.05) is 0 Å². The van der Waals surface area contributed by atoms with Crippen molar-refractivity contribution in [3.8, 4) is 6.07 Å². The van der Waals surface area contributed by atoms with E-state index in [2.05, 4.69) is 4.74 Å². The van der Waals surface area contributed by atoms with Crippen molar-refractivity contribution in [3.63, 3.8) is 0 Å². The second-order valence-corrected chi connectivity index (χ2v) is 3.27. The van der Waals surface area contributed by atoms with Crippen molar-refractivity contribution in [3.05, 3.63) is 39.7 Å². The summed E-state index contributed by atoms with van der Waals surface area (Å²) in [5.41, 5.74) is -0.794. The van der Waals surface area contributed by atoms with Gasteiger partial charge in [0.15, 0.2) is 5.92 Å². The summed E-state index contributed by atoms with van der Waals surface area (Å²) >= 11 is 0. The predicted octanol–water partition coefficient (Wildman–Crippen LogP) is 1.90. The van der Waals surface area contributed by atoms with Crippen molar-refractivity contribution in [2.45, 2.75) is 12.8 Å². The molecule has 94 valence electrons. The number of nitrogens with zero attached hydrogens (tertiary/aromatic N) is 2. The first-order valence-electron chi connectivity index (χ1n) is 5.01. The lowest BCUT2D eigenvalue weighted by molar-refractivity contribution is -0.385. The molecule has 0 fully saturated rings. The van der Waals surface area contributed by atoms with Crippen LogP contribution < -0.4 is 0 Å². The third kappa shape index (κ3) is 2.79. The van der Waals surface area contributed by atoms with E-state index in [0.717, 1.165) is 12.1 Å². The van der Waals surface area contributed by atoms with E-state index in [-0.39, 0.29) is 12.2 Å². The summed E-state index contributed by atoms with van der Waals surface area (Å²) in [5, 5.41) is 19.6. The number of rotatable bonds is 4. The molecule has 0 amide bonds. The van der Waals surface area contributed by atoms with Gasteiger partial charge in [0.05, 0.1) is 29.2 Å². The predicted molar refractivity (Wildman–Crippen MR) is 58.0 cm³/mol. The molecule has 0 aliphatic rings. The van der Waals surface area contributed by atoms with Gasteiger partial charge in [0.1, 0.15) is 5.82 Å². The van der Waals surface area contributed by atoms with Gasteiger partial charge in [-0.1, -0.05) is 0 Å². The van der Waals surface area contributed by atoms with Crippen LogP contribution in [-0.2, 0) is 9.53 Å². The molecular weight excluding hydrogens is 243 g/mol. The van der Waals surface area contributed by atoms with Crippen LogP contribution in [0.25, 0.3) is 0 Å². The summed E-state index contributed by atoms with van der Waals surface area (Å²) in [5.74, 6) is -3.15. The smallest absolute Gasteiger partial charge is 0.328 e. The largest absolute Gasteiger partial charge is 0.465 e. The molecule has 0 N–H and O–H groups in total. The van der Waals surface area contributed by atoms with Crippen molar-refractivity contribution in [1.29, 1.82) is 5.26 Å². The van der Waals surface area contributed by atoms with Crippen LogP contribution in [0.3, 0.4) is 0 Å². The van der Waals surface area contributed by atoms with Gasteiger partial charge in [0.25, 0.3) is 5.69 Å². The van der Waals surface area contributed by atoms with Crippen LogP contribution in [-0.4, -0.2) is 17.5 Å². The van der Waals surface area contributed by atoms with Gasteiger partial charge in [-0.05, 0) is 19.1 Å². The van der Waals surface area contributed by atoms with E-state index in [0.29, 0.717) is 6.07 Å². The molecule has 1 aromatic carbocycles. The Morgan fingerprint density at radius 2 is 2.33 bits per heavy atom. The molecule has 0 spiro atoms. The molecule has 0 radical (unpaired) electrons. The Morgan fingerprint density at radius 3 is 2.83 bits per heavy atom. The molecule has 0 aromatic heterocycles. The topological polar surface area (TPSA) is 93.2 Å². The number of hydrogen-bond acceptors (Lipinski definition) is 5. The summed E-state index contributed by atoms with van der Waals surface area (Å²) in [6.45, 7) is 1.59. The number of carbonyl (C=O) groups excluding carboxylic acids is 1. The molecule has 0 aliphatic heterocycles. The lowest BCUT2D eigenvalue weighted by Crippen LogP contribution is -2.15. The summed E-state index contributed by atoms with van der Waals surface area (Å²) in [7, 11) is 0. The maximum absolute atomic E-state index is 12.9. The minimum atomic E-state index is -1.44. The molecule has 1 atom stereocenters. The van der Waals surface area contributed by atoms with E-state index in [4.69, 9.17) is 5.26 Å². The lowest BCUT2D eigenvalue weighted by Gasteiger charge is -2.08. The molecule has 1 rings (SSSR count). The van der Waals surface area contributed by atoms with Crippen LogP contribution in [0.15, 0.2) is 18.2 Å². The lowest BCUT2D eigenvalue weighted by atomic mass is 9.99. The Hall–Kier alpha value is -2.49. The first-order chi connectivity index (χ1) is 8.51. The second kappa shape index (κ2) is 5.72. The van der Waals surface area contributed by atoms with Gasteiger partial charge in [0, 0.05) is 0 Å². The van der Waals surface area contributed by atoms with Crippen molar-refractivity contribution in [2.75, 3.05) is 6.61 Å². The molecule has 6 nitrogen and oxygen atoms in total. The summed E-state index contributed by atoms with van der Waals surface area (Å²) in [6, 6.07) is 4.27. The van der Waals surface area contributed by atoms with Gasteiger partial charge in [-0.25, -0.2) is 4.39 Å². The minimum Gasteiger partial charge on any atom is -0.465 e. The fraction of sp³-hybridized carbons (Fsp3) is 0.273. The van der Waals surface area contributed by atoms with E-state index < -0.39 is 28.3 Å². The Balaban J connectivity index is 3.26. The Labute approximate surface area is 102 Å². The number of nitro benzene ring substituents is 1. The van der Waals surface area contributed by atoms with E-state index in [1.165, 1.54) is 0 Å². The maximum atomic E-state index is 12.9. The number of esters is 1. The molecule has 18 heavy (non-hydrogen) atoms. The van der Waals surface area contributed by atoms with Crippen LogP contribution in [0.1, 0.15) is 18.4 Å². The van der Waals surface area contributed by atoms with Crippen molar-refractivity contribution < 1.29 is 18.8 Å². The first-order valence-corrected chi connectivity index (χ1v) is 5.01. The molecule has 0 heterocycles. The molecule has 7 heteroatoms. The van der Waals surface area contributed by atoms with Crippen molar-refractivity contribution in [1.82, 2.24) is 0 Å². The summed E-state index contributed by atoms with van der Waals surface area (Å²) in [6.07, 6.45) is 0. The summed E-state index contributed by atoms with van der Waals surface area (Å²) in [4.78, 5) is 21.4. The molecular formula is C11H9FN2O4. The number of benzene rings is 1. The zero-order valence-corrected chi connectivity index (χ0v) is 9.42. The van der Waals surface area contributed by atoms with Gasteiger partial charge in [-0.2, -0.15) is 5.26 Å². The third-order valence-corrected chi connectivity index (χ3v) is 2.15. The van der Waals surface area contributed by atoms with E-state index in [1.54, 1.807) is 13.0 Å². The highest BCUT2D eigenvalue weighted by atomic mass is 19.1. The van der Waals surface area contributed by atoms with Crippen LogP contribution in [0.5, 0.6) is 0 Å². The Kier molecular flexibility index (Phi) is 4.32. The zero-order valence-electron chi connectivity index (χ0n) is 9.42. The van der Waals surface area contributed by atoms with Gasteiger partial charge >= 0.3 is 5.97 Å². The van der Waals surface area contributed by atoms with Crippen molar-refractivity contribution >= 4 is 11.7 Å².